The average Bonchev–Trinajstić information content (AvgIpc) is 2.70. The summed E-state index contributed by atoms with van der Waals surface area (Å²) >= 11 is 0. The molecular weight excluding hydrogens is 190 g/mol. The largest absolute Gasteiger partial charge is 0.348 e. The van der Waals surface area contributed by atoms with Gasteiger partial charge in [-0.2, -0.15) is 0 Å². The Morgan fingerprint density at radius 3 is 2.80 bits per heavy atom. The number of nitrogens with one attached hydrogen (secondary N) is 1. The molecule has 0 aliphatic heterocycles. The monoisotopic (exact) mass is 205 g/mol. The molecule has 0 unspecified atom stereocenters. The number of amides is 1. The van der Waals surface area contributed by atoms with E-state index in [1.165, 1.54) is 19.2 Å². The Morgan fingerprint density at radius 1 is 1.40 bits per heavy atom. The summed E-state index contributed by atoms with van der Waals surface area (Å²) in [5.74, 6) is -0.0765. The average molecular weight is 205 g/mol. The van der Waals surface area contributed by atoms with Crippen LogP contribution in [-0.2, 0) is 0 Å². The SMILES string of the molecule is Cc1cc(C(=O)NC2CCCC2)ncn1. The van der Waals surface area contributed by atoms with E-state index in [0.717, 1.165) is 18.5 Å². The Hall–Kier alpha value is -1.45. The molecule has 0 atom stereocenters. The molecule has 1 amide bonds. The normalized spacial score (nSPS) is 16.6. The smallest absolute Gasteiger partial charge is 0.270 e. The number of hydrogen-bond donors (Lipinski definition) is 1. The Kier molecular flexibility index (Phi) is 2.94. The molecule has 1 N–H and O–H groups in total. The molecule has 2 rings (SSSR count). The zero-order chi connectivity index (χ0) is 10.7. The summed E-state index contributed by atoms with van der Waals surface area (Å²) in [6.07, 6.45) is 6.05. The van der Waals surface area contributed by atoms with Gasteiger partial charge in [0.15, 0.2) is 0 Å². The van der Waals surface area contributed by atoms with Gasteiger partial charge in [0.25, 0.3) is 5.91 Å². The molecule has 80 valence electrons. The van der Waals surface area contributed by atoms with Gasteiger partial charge >= 0.3 is 0 Å². The van der Waals surface area contributed by atoms with Gasteiger partial charge in [0.05, 0.1) is 0 Å². The third-order valence-corrected chi connectivity index (χ3v) is 2.73. The molecule has 0 spiro atoms. The van der Waals surface area contributed by atoms with Crippen molar-refractivity contribution >= 4 is 5.91 Å². The van der Waals surface area contributed by atoms with Gasteiger partial charge in [-0.05, 0) is 25.8 Å². The van der Waals surface area contributed by atoms with Crippen molar-refractivity contribution in [1.82, 2.24) is 15.3 Å². The van der Waals surface area contributed by atoms with Crippen LogP contribution in [0.2, 0.25) is 0 Å². The maximum absolute atomic E-state index is 11.8. The summed E-state index contributed by atoms with van der Waals surface area (Å²) in [4.78, 5) is 19.7. The quantitative estimate of drug-likeness (QED) is 0.795. The Bertz CT molecular complexity index is 359. The lowest BCUT2D eigenvalue weighted by Gasteiger charge is -2.11. The van der Waals surface area contributed by atoms with Crippen molar-refractivity contribution < 1.29 is 4.79 Å². The van der Waals surface area contributed by atoms with Crippen molar-refractivity contribution in [3.8, 4) is 0 Å². The number of nitrogens with zero attached hydrogens (tertiary/aromatic N) is 2. The van der Waals surface area contributed by atoms with Crippen molar-refractivity contribution in [3.05, 3.63) is 23.8 Å². The summed E-state index contributed by atoms with van der Waals surface area (Å²) < 4.78 is 0. The third kappa shape index (κ3) is 2.52. The van der Waals surface area contributed by atoms with Crippen LogP contribution < -0.4 is 5.32 Å². The van der Waals surface area contributed by atoms with Crippen molar-refractivity contribution in [2.75, 3.05) is 0 Å². The fraction of sp³-hybridized carbons (Fsp3) is 0.545. The van der Waals surface area contributed by atoms with Crippen LogP contribution in [0.25, 0.3) is 0 Å². The highest BCUT2D eigenvalue weighted by atomic mass is 16.1. The summed E-state index contributed by atoms with van der Waals surface area (Å²) in [6, 6.07) is 2.05. The maximum atomic E-state index is 11.8. The number of carbonyl (C=O) groups is 1. The Morgan fingerprint density at radius 2 is 2.13 bits per heavy atom. The van der Waals surface area contributed by atoms with Gasteiger partial charge in [0, 0.05) is 11.7 Å². The van der Waals surface area contributed by atoms with E-state index >= 15 is 0 Å². The molecule has 1 aromatic rings. The zero-order valence-corrected chi connectivity index (χ0v) is 8.86. The van der Waals surface area contributed by atoms with Gasteiger partial charge in [-0.25, -0.2) is 9.97 Å². The summed E-state index contributed by atoms with van der Waals surface area (Å²) in [7, 11) is 0. The van der Waals surface area contributed by atoms with Crippen molar-refractivity contribution in [1.29, 1.82) is 0 Å². The molecule has 15 heavy (non-hydrogen) atoms. The molecule has 0 saturated heterocycles. The van der Waals surface area contributed by atoms with Crippen molar-refractivity contribution in [2.24, 2.45) is 0 Å². The molecule has 4 nitrogen and oxygen atoms in total. The van der Waals surface area contributed by atoms with Gasteiger partial charge in [0.1, 0.15) is 12.0 Å². The zero-order valence-electron chi connectivity index (χ0n) is 8.86. The fourth-order valence-electron chi connectivity index (χ4n) is 1.91. The Balaban J connectivity index is 2.01. The van der Waals surface area contributed by atoms with Gasteiger partial charge in [-0.1, -0.05) is 12.8 Å². The Labute approximate surface area is 89.1 Å². The van der Waals surface area contributed by atoms with E-state index in [2.05, 4.69) is 15.3 Å². The fourth-order valence-corrected chi connectivity index (χ4v) is 1.91. The van der Waals surface area contributed by atoms with Crippen LogP contribution in [0, 0.1) is 6.92 Å². The van der Waals surface area contributed by atoms with E-state index in [9.17, 15) is 4.79 Å². The number of carbonyl (C=O) groups excluding carboxylic acids is 1. The van der Waals surface area contributed by atoms with Gasteiger partial charge < -0.3 is 5.32 Å². The van der Waals surface area contributed by atoms with E-state index in [1.807, 2.05) is 6.92 Å². The van der Waals surface area contributed by atoms with Crippen LogP contribution in [0.15, 0.2) is 12.4 Å². The van der Waals surface area contributed by atoms with E-state index < -0.39 is 0 Å². The van der Waals surface area contributed by atoms with E-state index in [-0.39, 0.29) is 5.91 Å². The highest BCUT2D eigenvalue weighted by molar-refractivity contribution is 5.92. The van der Waals surface area contributed by atoms with Crippen molar-refractivity contribution in [3.63, 3.8) is 0 Å². The lowest BCUT2D eigenvalue weighted by atomic mass is 10.2. The molecule has 1 aromatic heterocycles. The van der Waals surface area contributed by atoms with Gasteiger partial charge in [-0.3, -0.25) is 4.79 Å². The van der Waals surface area contributed by atoms with Crippen LogP contribution in [0.4, 0.5) is 0 Å². The third-order valence-electron chi connectivity index (χ3n) is 2.73. The molecular formula is C11H15N3O. The predicted molar refractivity (Wildman–Crippen MR) is 56.5 cm³/mol. The first-order valence-corrected chi connectivity index (χ1v) is 5.35. The second-order valence-corrected chi connectivity index (χ2v) is 4.00. The molecule has 1 saturated carbocycles. The topological polar surface area (TPSA) is 54.9 Å². The summed E-state index contributed by atoms with van der Waals surface area (Å²) in [5, 5.41) is 2.99. The standard InChI is InChI=1S/C11H15N3O/c1-8-6-10(13-7-12-8)11(15)14-9-4-2-3-5-9/h6-7,9H,2-5H2,1H3,(H,14,15). The van der Waals surface area contributed by atoms with E-state index in [0.29, 0.717) is 11.7 Å². The second-order valence-electron chi connectivity index (χ2n) is 4.00. The molecule has 1 heterocycles. The maximum Gasteiger partial charge on any atom is 0.270 e. The highest BCUT2D eigenvalue weighted by Crippen LogP contribution is 2.17. The minimum atomic E-state index is -0.0765. The number of hydrogen-bond acceptors (Lipinski definition) is 3. The van der Waals surface area contributed by atoms with Crippen molar-refractivity contribution in [2.45, 2.75) is 38.6 Å². The molecule has 0 aromatic carbocycles. The van der Waals surface area contributed by atoms with Crippen LogP contribution in [-0.4, -0.2) is 21.9 Å². The van der Waals surface area contributed by atoms with E-state index in [1.54, 1.807) is 6.07 Å². The van der Waals surface area contributed by atoms with Gasteiger partial charge in [0.2, 0.25) is 0 Å². The number of aromatic nitrogens is 2. The first-order chi connectivity index (χ1) is 7.25. The minimum Gasteiger partial charge on any atom is -0.348 e. The molecule has 4 heteroatoms. The molecule has 1 aliphatic rings. The highest BCUT2D eigenvalue weighted by Gasteiger charge is 2.18. The molecule has 1 fully saturated rings. The predicted octanol–water partition coefficient (Wildman–Crippen LogP) is 1.46. The van der Waals surface area contributed by atoms with Crippen LogP contribution >= 0.6 is 0 Å². The lowest BCUT2D eigenvalue weighted by molar-refractivity contribution is 0.0932. The molecule has 1 aliphatic carbocycles. The summed E-state index contributed by atoms with van der Waals surface area (Å²) in [5.41, 5.74) is 1.29. The second kappa shape index (κ2) is 4.38. The molecule has 0 radical (unpaired) electrons. The van der Waals surface area contributed by atoms with Crippen LogP contribution in [0.5, 0.6) is 0 Å². The van der Waals surface area contributed by atoms with Gasteiger partial charge in [-0.15, -0.1) is 0 Å². The first-order valence-electron chi connectivity index (χ1n) is 5.35. The lowest BCUT2D eigenvalue weighted by Crippen LogP contribution is -2.33. The van der Waals surface area contributed by atoms with Crippen LogP contribution in [0.3, 0.4) is 0 Å². The first kappa shape index (κ1) is 10.1. The number of aryl methyl sites for hydroxylation is 1. The summed E-state index contributed by atoms with van der Waals surface area (Å²) in [6.45, 7) is 1.86. The number of rotatable bonds is 2. The minimum absolute atomic E-state index is 0.0765. The van der Waals surface area contributed by atoms with Crippen LogP contribution in [0.1, 0.15) is 41.9 Å². The molecule has 0 bridgehead atoms. The van der Waals surface area contributed by atoms with E-state index in [4.69, 9.17) is 0 Å².